The molecule has 130 valence electrons. The number of ether oxygens (including phenoxy) is 2. The average Bonchev–Trinajstić information content (AvgIpc) is 2.78. The standard InChI is InChI=1S/C14H15NO6S3/c1-20-10-3-4-11(21-2)9(7-10)8-12-13(16)15(14(22)23-12)5-6-24(17,18)19/h3-4,7-8H,5-6H2,1-2H3,(H,17,18,19)/b12-8-. The molecule has 1 aliphatic rings. The fourth-order valence-electron chi connectivity index (χ4n) is 1.99. The van der Waals surface area contributed by atoms with Crippen molar-refractivity contribution in [1.82, 2.24) is 4.90 Å². The maximum absolute atomic E-state index is 12.4. The van der Waals surface area contributed by atoms with Gasteiger partial charge in [-0.2, -0.15) is 8.42 Å². The summed E-state index contributed by atoms with van der Waals surface area (Å²) >= 11 is 6.16. The van der Waals surface area contributed by atoms with Gasteiger partial charge < -0.3 is 9.47 Å². The molecule has 1 fully saturated rings. The van der Waals surface area contributed by atoms with Crippen molar-refractivity contribution in [3.63, 3.8) is 0 Å². The van der Waals surface area contributed by atoms with E-state index in [1.165, 1.54) is 14.2 Å². The van der Waals surface area contributed by atoms with Gasteiger partial charge in [0.1, 0.15) is 15.8 Å². The van der Waals surface area contributed by atoms with E-state index in [9.17, 15) is 13.2 Å². The van der Waals surface area contributed by atoms with E-state index in [0.717, 1.165) is 16.7 Å². The number of carbonyl (C=O) groups is 1. The minimum atomic E-state index is -4.17. The number of amides is 1. The van der Waals surface area contributed by atoms with Crippen molar-refractivity contribution in [1.29, 1.82) is 0 Å². The number of hydrogen-bond donors (Lipinski definition) is 1. The van der Waals surface area contributed by atoms with Crippen LogP contribution in [0.2, 0.25) is 0 Å². The number of hydrogen-bond acceptors (Lipinski definition) is 7. The minimum absolute atomic E-state index is 0.198. The molecule has 0 atom stereocenters. The summed E-state index contributed by atoms with van der Waals surface area (Å²) in [7, 11) is -1.13. The molecule has 7 nitrogen and oxygen atoms in total. The second-order valence-corrected chi connectivity index (χ2v) is 7.98. The van der Waals surface area contributed by atoms with Crippen LogP contribution in [0.3, 0.4) is 0 Å². The zero-order chi connectivity index (χ0) is 17.9. The lowest BCUT2D eigenvalue weighted by atomic mass is 10.1. The summed E-state index contributed by atoms with van der Waals surface area (Å²) in [5.74, 6) is 0.163. The first-order chi connectivity index (χ1) is 11.2. The molecule has 1 amide bonds. The number of carbonyl (C=O) groups excluding carboxylic acids is 1. The van der Waals surface area contributed by atoms with Crippen LogP contribution < -0.4 is 9.47 Å². The van der Waals surface area contributed by atoms with Crippen LogP contribution in [-0.4, -0.2) is 54.6 Å². The molecule has 0 radical (unpaired) electrons. The largest absolute Gasteiger partial charge is 0.497 e. The van der Waals surface area contributed by atoms with Gasteiger partial charge in [0.15, 0.2) is 0 Å². The van der Waals surface area contributed by atoms with Crippen LogP contribution >= 0.6 is 24.0 Å². The zero-order valence-corrected chi connectivity index (χ0v) is 15.3. The molecule has 0 bridgehead atoms. The molecule has 2 rings (SSSR count). The summed E-state index contributed by atoms with van der Waals surface area (Å²) < 4.78 is 41.2. The van der Waals surface area contributed by atoms with E-state index in [0.29, 0.717) is 22.0 Å². The summed E-state index contributed by atoms with van der Waals surface area (Å²) in [5.41, 5.74) is 0.632. The fourth-order valence-corrected chi connectivity index (χ4v) is 3.71. The molecule has 0 aromatic heterocycles. The van der Waals surface area contributed by atoms with E-state index in [2.05, 4.69) is 0 Å². The molecule has 1 aliphatic heterocycles. The Hall–Kier alpha value is -1.62. The topological polar surface area (TPSA) is 93.1 Å². The lowest BCUT2D eigenvalue weighted by molar-refractivity contribution is -0.121. The third-order valence-corrected chi connectivity index (χ3v) is 5.25. The molecule has 10 heteroatoms. The Morgan fingerprint density at radius 3 is 2.62 bits per heavy atom. The summed E-state index contributed by atoms with van der Waals surface area (Å²) in [6.07, 6.45) is 1.61. The normalized spacial score (nSPS) is 16.8. The minimum Gasteiger partial charge on any atom is -0.497 e. The van der Waals surface area contributed by atoms with Gasteiger partial charge in [-0.25, -0.2) is 0 Å². The summed E-state index contributed by atoms with van der Waals surface area (Å²) in [5, 5.41) is 0. The highest BCUT2D eigenvalue weighted by Gasteiger charge is 2.32. The first-order valence-electron chi connectivity index (χ1n) is 6.67. The Morgan fingerprint density at radius 1 is 1.33 bits per heavy atom. The van der Waals surface area contributed by atoms with E-state index in [1.807, 2.05) is 0 Å². The maximum Gasteiger partial charge on any atom is 0.266 e. The second-order valence-electron chi connectivity index (χ2n) is 4.73. The van der Waals surface area contributed by atoms with E-state index in [-0.39, 0.29) is 10.9 Å². The third-order valence-electron chi connectivity index (χ3n) is 3.17. The van der Waals surface area contributed by atoms with Gasteiger partial charge in [0, 0.05) is 12.1 Å². The van der Waals surface area contributed by atoms with Crippen LogP contribution in [0.1, 0.15) is 5.56 Å². The number of methoxy groups -OCH3 is 2. The van der Waals surface area contributed by atoms with Crippen molar-refractivity contribution in [2.75, 3.05) is 26.5 Å². The average molecular weight is 389 g/mol. The van der Waals surface area contributed by atoms with Crippen LogP contribution in [0.5, 0.6) is 11.5 Å². The maximum atomic E-state index is 12.4. The number of thiocarbonyl (C=S) groups is 1. The van der Waals surface area contributed by atoms with Crippen LogP contribution in [-0.2, 0) is 14.9 Å². The predicted octanol–water partition coefficient (Wildman–Crippen LogP) is 1.79. The first-order valence-corrected chi connectivity index (χ1v) is 9.51. The molecule has 0 aliphatic carbocycles. The molecular formula is C14H15NO6S3. The molecule has 1 aromatic rings. The SMILES string of the molecule is COc1ccc(OC)c(/C=C2\SC(=S)N(CCS(=O)(=O)O)C2=O)c1. The Kier molecular flexibility index (Phi) is 5.86. The number of thioether (sulfide) groups is 1. The molecule has 0 spiro atoms. The highest BCUT2D eigenvalue weighted by molar-refractivity contribution is 8.26. The Morgan fingerprint density at radius 2 is 2.04 bits per heavy atom. The Balaban J connectivity index is 2.28. The van der Waals surface area contributed by atoms with Crippen LogP contribution in [0.15, 0.2) is 23.1 Å². The Labute approximate surface area is 149 Å². The molecule has 1 N–H and O–H groups in total. The second kappa shape index (κ2) is 7.51. The summed E-state index contributed by atoms with van der Waals surface area (Å²) in [6.45, 7) is -0.198. The highest BCUT2D eigenvalue weighted by Crippen LogP contribution is 2.35. The van der Waals surface area contributed by atoms with Crippen molar-refractivity contribution < 1.29 is 27.2 Å². The fraction of sp³-hybridized carbons (Fsp3) is 0.286. The van der Waals surface area contributed by atoms with E-state index in [4.69, 9.17) is 26.2 Å². The molecule has 24 heavy (non-hydrogen) atoms. The predicted molar refractivity (Wildman–Crippen MR) is 95.8 cm³/mol. The van der Waals surface area contributed by atoms with E-state index in [1.54, 1.807) is 24.3 Å². The Bertz CT molecular complexity index is 803. The van der Waals surface area contributed by atoms with Crippen LogP contribution in [0, 0.1) is 0 Å². The van der Waals surface area contributed by atoms with Gasteiger partial charge in [-0.05, 0) is 24.3 Å². The third kappa shape index (κ3) is 4.47. The van der Waals surface area contributed by atoms with Gasteiger partial charge in [-0.3, -0.25) is 14.2 Å². The van der Waals surface area contributed by atoms with Gasteiger partial charge in [0.25, 0.3) is 16.0 Å². The van der Waals surface area contributed by atoms with Crippen LogP contribution in [0.4, 0.5) is 0 Å². The van der Waals surface area contributed by atoms with E-state index < -0.39 is 21.8 Å². The van der Waals surface area contributed by atoms with E-state index >= 15 is 0 Å². The van der Waals surface area contributed by atoms with Crippen molar-refractivity contribution in [2.24, 2.45) is 0 Å². The van der Waals surface area contributed by atoms with Gasteiger partial charge in [0.05, 0.1) is 24.9 Å². The molecule has 1 heterocycles. The van der Waals surface area contributed by atoms with Gasteiger partial charge in [0.2, 0.25) is 0 Å². The number of nitrogens with zero attached hydrogens (tertiary/aromatic N) is 1. The summed E-state index contributed by atoms with van der Waals surface area (Å²) in [4.78, 5) is 13.9. The van der Waals surface area contributed by atoms with Gasteiger partial charge in [-0.1, -0.05) is 24.0 Å². The monoisotopic (exact) mass is 389 g/mol. The van der Waals surface area contributed by atoms with Crippen LogP contribution in [0.25, 0.3) is 6.08 Å². The quantitative estimate of drug-likeness (QED) is 0.447. The number of benzene rings is 1. The molecular weight excluding hydrogens is 374 g/mol. The molecule has 1 saturated heterocycles. The van der Waals surface area contributed by atoms with Crippen molar-refractivity contribution in [2.45, 2.75) is 0 Å². The van der Waals surface area contributed by atoms with Crippen molar-refractivity contribution in [3.8, 4) is 11.5 Å². The lowest BCUT2D eigenvalue weighted by Crippen LogP contribution is -2.32. The lowest BCUT2D eigenvalue weighted by Gasteiger charge is -2.12. The summed E-state index contributed by atoms with van der Waals surface area (Å²) in [6, 6.07) is 5.15. The molecule has 0 unspecified atom stereocenters. The highest BCUT2D eigenvalue weighted by atomic mass is 32.2. The zero-order valence-electron chi connectivity index (χ0n) is 12.9. The number of rotatable bonds is 6. The van der Waals surface area contributed by atoms with Gasteiger partial charge in [-0.15, -0.1) is 0 Å². The van der Waals surface area contributed by atoms with Gasteiger partial charge >= 0.3 is 0 Å². The molecule has 1 aromatic carbocycles. The first kappa shape index (κ1) is 18.7. The van der Waals surface area contributed by atoms with Crippen molar-refractivity contribution >= 4 is 50.4 Å². The smallest absolute Gasteiger partial charge is 0.266 e. The molecule has 0 saturated carbocycles. The van der Waals surface area contributed by atoms with Crippen molar-refractivity contribution in [3.05, 3.63) is 28.7 Å².